The Bertz CT molecular complexity index is 503. The Labute approximate surface area is 150 Å². The minimum atomic E-state index is -2.27. The molecule has 1 rings (SSSR count). The van der Waals surface area contributed by atoms with Gasteiger partial charge in [0.25, 0.3) is 0 Å². The highest BCUT2D eigenvalue weighted by Gasteiger charge is 2.55. The molecule has 0 fully saturated rings. The van der Waals surface area contributed by atoms with E-state index in [0.29, 0.717) is 0 Å². The van der Waals surface area contributed by atoms with Crippen molar-refractivity contribution >= 4 is 35.1 Å². The van der Waals surface area contributed by atoms with Crippen LogP contribution in [0.15, 0.2) is 30.3 Å². The second-order valence-corrected chi connectivity index (χ2v) is 24.1. The Morgan fingerprint density at radius 2 is 1.35 bits per heavy atom. The SMILES string of the molecule is CC(O[Si](C)(C)C)C(O[Si](C)(C)C)(c1ccccc1)[Si](C)(C)Cl. The molecular formula is C17H33ClO2Si3. The molecular weight excluding hydrogens is 356 g/mol. The molecule has 2 atom stereocenters. The van der Waals surface area contributed by atoms with E-state index in [2.05, 4.69) is 83.6 Å². The highest BCUT2D eigenvalue weighted by molar-refractivity contribution is 7.20. The molecule has 0 amide bonds. The van der Waals surface area contributed by atoms with Gasteiger partial charge in [0.15, 0.2) is 24.0 Å². The lowest BCUT2D eigenvalue weighted by Gasteiger charge is -2.50. The van der Waals surface area contributed by atoms with E-state index < -0.39 is 29.2 Å². The fraction of sp³-hybridized carbons (Fsp3) is 0.647. The van der Waals surface area contributed by atoms with Gasteiger partial charge in [-0.3, -0.25) is 0 Å². The zero-order valence-corrected chi connectivity index (χ0v) is 19.9. The van der Waals surface area contributed by atoms with Crippen LogP contribution in [-0.2, 0) is 14.1 Å². The highest BCUT2D eigenvalue weighted by atomic mass is 35.6. The fourth-order valence-corrected chi connectivity index (χ4v) is 10.6. The normalized spacial score (nSPS) is 17.7. The molecule has 0 aromatic heterocycles. The summed E-state index contributed by atoms with van der Waals surface area (Å²) in [6.45, 7) is 19.8. The first-order chi connectivity index (χ1) is 10.2. The smallest absolute Gasteiger partial charge is 0.191 e. The van der Waals surface area contributed by atoms with E-state index in [4.69, 9.17) is 19.9 Å². The average Bonchev–Trinajstić information content (AvgIpc) is 2.32. The van der Waals surface area contributed by atoms with E-state index in [-0.39, 0.29) is 6.10 Å². The van der Waals surface area contributed by atoms with Crippen LogP contribution in [0.2, 0.25) is 52.4 Å². The summed E-state index contributed by atoms with van der Waals surface area (Å²) in [7, 11) is -5.82. The summed E-state index contributed by atoms with van der Waals surface area (Å²) in [5.41, 5.74) is 1.15. The van der Waals surface area contributed by atoms with Crippen molar-refractivity contribution in [2.75, 3.05) is 0 Å². The standard InChI is InChI=1S/C17H33ClO2Si3/c1-15(19-21(2,3)4)17(23(8,9)18,20-22(5,6)7)16-13-11-10-12-14-16/h10-15H,1-9H3. The first-order valence-corrected chi connectivity index (χ1v) is 19.1. The first kappa shape index (κ1) is 21.1. The number of halogens is 1. The third-order valence-electron chi connectivity index (χ3n) is 3.66. The van der Waals surface area contributed by atoms with Gasteiger partial charge in [-0.15, -0.1) is 0 Å². The minimum Gasteiger partial charge on any atom is -0.412 e. The molecule has 2 nitrogen and oxygen atoms in total. The van der Waals surface area contributed by atoms with Gasteiger partial charge in [0.2, 0.25) is 0 Å². The maximum Gasteiger partial charge on any atom is 0.191 e. The van der Waals surface area contributed by atoms with Crippen LogP contribution in [0.25, 0.3) is 0 Å². The van der Waals surface area contributed by atoms with Crippen LogP contribution in [0.4, 0.5) is 0 Å². The molecule has 0 aliphatic carbocycles. The molecule has 1 aromatic rings. The molecule has 0 aliphatic heterocycles. The molecule has 0 N–H and O–H groups in total. The number of hydrogen-bond acceptors (Lipinski definition) is 2. The maximum atomic E-state index is 7.09. The van der Waals surface area contributed by atoms with Crippen molar-refractivity contribution in [1.82, 2.24) is 0 Å². The Balaban J connectivity index is 3.54. The fourth-order valence-electron chi connectivity index (χ4n) is 3.11. The molecule has 0 heterocycles. The van der Waals surface area contributed by atoms with Gasteiger partial charge < -0.3 is 8.85 Å². The van der Waals surface area contributed by atoms with Crippen molar-refractivity contribution in [3.8, 4) is 0 Å². The van der Waals surface area contributed by atoms with Gasteiger partial charge in [0, 0.05) is 0 Å². The zero-order chi connectivity index (χ0) is 18.1. The van der Waals surface area contributed by atoms with Crippen molar-refractivity contribution in [3.63, 3.8) is 0 Å². The molecule has 0 bridgehead atoms. The van der Waals surface area contributed by atoms with Gasteiger partial charge in [-0.25, -0.2) is 0 Å². The quantitative estimate of drug-likeness (QED) is 0.424. The number of benzene rings is 1. The van der Waals surface area contributed by atoms with Crippen LogP contribution >= 0.6 is 11.1 Å². The van der Waals surface area contributed by atoms with E-state index in [1.54, 1.807) is 0 Å². The van der Waals surface area contributed by atoms with Crippen molar-refractivity contribution < 1.29 is 8.85 Å². The van der Waals surface area contributed by atoms with Crippen LogP contribution in [-0.4, -0.2) is 30.1 Å². The largest absolute Gasteiger partial charge is 0.412 e. The summed E-state index contributed by atoms with van der Waals surface area (Å²) >= 11 is 7.09. The molecule has 1 aromatic carbocycles. The second kappa shape index (κ2) is 7.14. The van der Waals surface area contributed by atoms with Crippen molar-refractivity contribution in [2.24, 2.45) is 0 Å². The van der Waals surface area contributed by atoms with Gasteiger partial charge in [0.1, 0.15) is 5.22 Å². The van der Waals surface area contributed by atoms with Crippen LogP contribution in [0.1, 0.15) is 12.5 Å². The predicted octanol–water partition coefficient (Wildman–Crippen LogP) is 5.96. The monoisotopic (exact) mass is 388 g/mol. The Kier molecular flexibility index (Phi) is 6.55. The molecule has 0 saturated heterocycles. The molecule has 0 aliphatic rings. The van der Waals surface area contributed by atoms with Gasteiger partial charge in [-0.2, -0.15) is 11.1 Å². The molecule has 0 spiro atoms. The zero-order valence-electron chi connectivity index (χ0n) is 16.2. The summed E-state index contributed by atoms with van der Waals surface area (Å²) in [6, 6.07) is 10.4. The summed E-state index contributed by atoms with van der Waals surface area (Å²) in [5.74, 6) is 0. The van der Waals surface area contributed by atoms with Gasteiger partial charge in [0.05, 0.1) is 6.10 Å². The third kappa shape index (κ3) is 5.54. The van der Waals surface area contributed by atoms with E-state index in [1.165, 1.54) is 0 Å². The van der Waals surface area contributed by atoms with E-state index >= 15 is 0 Å². The van der Waals surface area contributed by atoms with Crippen LogP contribution in [0.3, 0.4) is 0 Å². The number of rotatable bonds is 7. The molecule has 2 unspecified atom stereocenters. The summed E-state index contributed by atoms with van der Waals surface area (Å²) in [5, 5.41) is -0.541. The third-order valence-corrected chi connectivity index (χ3v) is 9.26. The Hall–Kier alpha value is 0.0806. The molecule has 132 valence electrons. The second-order valence-electron chi connectivity index (χ2n) is 8.66. The molecule has 23 heavy (non-hydrogen) atoms. The van der Waals surface area contributed by atoms with Gasteiger partial charge >= 0.3 is 0 Å². The summed E-state index contributed by atoms with van der Waals surface area (Å²) in [4.78, 5) is 0. The van der Waals surface area contributed by atoms with Crippen LogP contribution in [0.5, 0.6) is 0 Å². The topological polar surface area (TPSA) is 18.5 Å². The van der Waals surface area contributed by atoms with E-state index in [1.807, 2.05) is 6.07 Å². The lowest BCUT2D eigenvalue weighted by molar-refractivity contribution is 0.0117. The Morgan fingerprint density at radius 3 is 1.70 bits per heavy atom. The summed E-state index contributed by atoms with van der Waals surface area (Å²) in [6.07, 6.45) is -0.0672. The van der Waals surface area contributed by atoms with E-state index in [0.717, 1.165) is 5.56 Å². The van der Waals surface area contributed by atoms with Gasteiger partial charge in [-0.1, -0.05) is 43.4 Å². The lowest BCUT2D eigenvalue weighted by Crippen LogP contribution is -2.62. The highest BCUT2D eigenvalue weighted by Crippen LogP contribution is 2.45. The lowest BCUT2D eigenvalue weighted by atomic mass is 10.0. The van der Waals surface area contributed by atoms with Crippen LogP contribution < -0.4 is 0 Å². The first-order valence-electron chi connectivity index (χ1n) is 8.31. The average molecular weight is 389 g/mol. The molecule has 0 radical (unpaired) electrons. The van der Waals surface area contributed by atoms with Crippen molar-refractivity contribution in [2.45, 2.75) is 70.6 Å². The maximum absolute atomic E-state index is 7.09. The van der Waals surface area contributed by atoms with E-state index in [9.17, 15) is 0 Å². The van der Waals surface area contributed by atoms with Crippen molar-refractivity contribution in [1.29, 1.82) is 0 Å². The van der Waals surface area contributed by atoms with Crippen molar-refractivity contribution in [3.05, 3.63) is 35.9 Å². The number of hydrogen-bond donors (Lipinski definition) is 0. The molecule has 6 heteroatoms. The molecule has 0 saturated carbocycles. The predicted molar refractivity (Wildman–Crippen MR) is 110 cm³/mol. The van der Waals surface area contributed by atoms with Gasteiger partial charge in [-0.05, 0) is 51.8 Å². The minimum absolute atomic E-state index is 0.0672. The summed E-state index contributed by atoms with van der Waals surface area (Å²) < 4.78 is 13.4. The van der Waals surface area contributed by atoms with Crippen LogP contribution in [0, 0.1) is 0 Å². The Morgan fingerprint density at radius 1 is 0.870 bits per heavy atom.